The lowest BCUT2D eigenvalue weighted by atomic mass is 10.1. The third-order valence-electron chi connectivity index (χ3n) is 4.04. The molecule has 0 saturated heterocycles. The van der Waals surface area contributed by atoms with Gasteiger partial charge in [-0.2, -0.15) is 0 Å². The molecular weight excluding hydrogens is 344 g/mol. The molecule has 1 aromatic heterocycles. The molecule has 140 valence electrons. The van der Waals surface area contributed by atoms with Crippen molar-refractivity contribution >= 4 is 33.7 Å². The molecule has 0 aliphatic carbocycles. The summed E-state index contributed by atoms with van der Waals surface area (Å²) in [5, 5.41) is 3.81. The number of carbonyl (C=O) groups is 2. The lowest BCUT2D eigenvalue weighted by molar-refractivity contribution is -0.149. The van der Waals surface area contributed by atoms with E-state index in [4.69, 9.17) is 4.74 Å². The number of nitrogens with zero attached hydrogens (tertiary/aromatic N) is 1. The maximum atomic E-state index is 12.7. The third kappa shape index (κ3) is 4.16. The van der Waals surface area contributed by atoms with Crippen molar-refractivity contribution in [1.29, 1.82) is 0 Å². The molecule has 6 nitrogen and oxygen atoms in total. The topological polar surface area (TPSA) is 77.4 Å². The van der Waals surface area contributed by atoms with Crippen molar-refractivity contribution < 1.29 is 14.3 Å². The number of ether oxygens (including phenoxy) is 1. The van der Waals surface area contributed by atoms with Crippen molar-refractivity contribution in [1.82, 2.24) is 9.88 Å². The minimum atomic E-state index is -0.544. The molecule has 0 saturated carbocycles. The Labute approximate surface area is 156 Å². The number of para-hydroxylation sites is 2. The summed E-state index contributed by atoms with van der Waals surface area (Å²) in [6.45, 7) is 5.12. The van der Waals surface area contributed by atoms with Crippen LogP contribution in [0.5, 0.6) is 0 Å². The van der Waals surface area contributed by atoms with Crippen LogP contribution in [-0.2, 0) is 20.9 Å². The Morgan fingerprint density at radius 1 is 0.963 bits per heavy atom. The Kier molecular flexibility index (Phi) is 4.99. The molecular formula is C21H22N2O4. The van der Waals surface area contributed by atoms with Gasteiger partial charge in [0.05, 0.1) is 11.0 Å². The number of amides is 1. The fourth-order valence-electron chi connectivity index (χ4n) is 3.02. The molecule has 0 spiro atoms. The maximum absolute atomic E-state index is 12.7. The van der Waals surface area contributed by atoms with Gasteiger partial charge in [-0.1, -0.05) is 24.3 Å². The number of esters is 1. The Hall–Kier alpha value is -3.15. The number of rotatable bonds is 4. The second-order valence-corrected chi connectivity index (χ2v) is 7.41. The molecule has 1 heterocycles. The Balaban J connectivity index is 1.90. The first-order valence-corrected chi connectivity index (χ1v) is 8.73. The molecule has 0 unspecified atom stereocenters. The number of pyridine rings is 1. The van der Waals surface area contributed by atoms with Gasteiger partial charge in [0.1, 0.15) is 6.54 Å². The van der Waals surface area contributed by atoms with Gasteiger partial charge in [-0.05, 0) is 45.0 Å². The molecule has 3 aromatic rings. The first-order valence-electron chi connectivity index (χ1n) is 8.73. The first-order chi connectivity index (χ1) is 12.8. The molecule has 0 atom stereocenters. The molecule has 1 amide bonds. The van der Waals surface area contributed by atoms with Crippen molar-refractivity contribution in [3.63, 3.8) is 0 Å². The zero-order valence-electron chi connectivity index (χ0n) is 15.6. The second-order valence-electron chi connectivity index (χ2n) is 7.41. The monoisotopic (exact) mass is 366 g/mol. The van der Waals surface area contributed by atoms with Crippen LogP contribution in [0, 0.1) is 0 Å². The molecule has 27 heavy (non-hydrogen) atoms. The molecule has 0 aliphatic rings. The highest BCUT2D eigenvalue weighted by atomic mass is 16.5. The van der Waals surface area contributed by atoms with Crippen molar-refractivity contribution in [2.75, 3.05) is 6.61 Å². The number of hydrogen-bond donors (Lipinski definition) is 1. The first kappa shape index (κ1) is 18.6. The van der Waals surface area contributed by atoms with Crippen molar-refractivity contribution in [2.24, 2.45) is 0 Å². The van der Waals surface area contributed by atoms with Crippen molar-refractivity contribution in [3.05, 3.63) is 58.8 Å². The standard InChI is InChI=1S/C21H22N2O4/c1-21(2,3)22-18(24)13-27-19(25)12-23-16-10-6-4-8-14(16)20(26)15-9-5-7-11-17(15)23/h4-11H,12-13H2,1-3H3,(H,22,24). The largest absolute Gasteiger partial charge is 0.454 e. The van der Waals surface area contributed by atoms with Gasteiger partial charge < -0.3 is 14.6 Å². The summed E-state index contributed by atoms with van der Waals surface area (Å²) in [5.41, 5.74) is 0.833. The Morgan fingerprint density at radius 3 is 2.00 bits per heavy atom. The van der Waals surface area contributed by atoms with Gasteiger partial charge in [0, 0.05) is 16.3 Å². The second kappa shape index (κ2) is 7.23. The fourth-order valence-corrected chi connectivity index (χ4v) is 3.02. The van der Waals surface area contributed by atoms with Crippen LogP contribution in [0.25, 0.3) is 21.8 Å². The number of nitrogens with one attached hydrogen (secondary N) is 1. The number of aromatic nitrogens is 1. The van der Waals surface area contributed by atoms with E-state index in [2.05, 4.69) is 5.32 Å². The highest BCUT2D eigenvalue weighted by Gasteiger charge is 2.17. The van der Waals surface area contributed by atoms with E-state index in [9.17, 15) is 14.4 Å². The molecule has 2 aromatic carbocycles. The molecule has 0 aliphatic heterocycles. The lowest BCUT2D eigenvalue weighted by Gasteiger charge is -2.20. The van der Waals surface area contributed by atoms with Crippen LogP contribution in [0.15, 0.2) is 53.3 Å². The van der Waals surface area contributed by atoms with Gasteiger partial charge >= 0.3 is 5.97 Å². The molecule has 0 radical (unpaired) electrons. The van der Waals surface area contributed by atoms with E-state index in [0.29, 0.717) is 21.8 Å². The summed E-state index contributed by atoms with van der Waals surface area (Å²) < 4.78 is 6.88. The van der Waals surface area contributed by atoms with E-state index < -0.39 is 11.5 Å². The minimum Gasteiger partial charge on any atom is -0.454 e. The highest BCUT2D eigenvalue weighted by Crippen LogP contribution is 2.19. The summed E-state index contributed by atoms with van der Waals surface area (Å²) >= 11 is 0. The molecule has 3 rings (SSSR count). The van der Waals surface area contributed by atoms with E-state index in [1.807, 2.05) is 32.9 Å². The van der Waals surface area contributed by atoms with Gasteiger partial charge in [0.2, 0.25) is 0 Å². The van der Waals surface area contributed by atoms with Crippen LogP contribution in [0.2, 0.25) is 0 Å². The SMILES string of the molecule is CC(C)(C)NC(=O)COC(=O)Cn1c2ccccc2c(=O)c2ccccc21. The molecule has 0 fully saturated rings. The Bertz CT molecular complexity index is 1020. The van der Waals surface area contributed by atoms with Crippen molar-refractivity contribution in [2.45, 2.75) is 32.9 Å². The number of hydrogen-bond acceptors (Lipinski definition) is 4. The van der Waals surface area contributed by atoms with Gasteiger partial charge in [-0.25, -0.2) is 0 Å². The average molecular weight is 366 g/mol. The maximum Gasteiger partial charge on any atom is 0.326 e. The lowest BCUT2D eigenvalue weighted by Crippen LogP contribution is -2.42. The number of fused-ring (bicyclic) bond motifs is 2. The normalized spacial score (nSPS) is 11.5. The predicted molar refractivity (Wildman–Crippen MR) is 105 cm³/mol. The van der Waals surface area contributed by atoms with Gasteiger partial charge in [0.25, 0.3) is 5.91 Å². The van der Waals surface area contributed by atoms with Crippen molar-refractivity contribution in [3.8, 4) is 0 Å². The van der Waals surface area contributed by atoms with Gasteiger partial charge in [-0.15, -0.1) is 0 Å². The molecule has 0 bridgehead atoms. The summed E-state index contributed by atoms with van der Waals surface area (Å²) in [5.74, 6) is -0.900. The van der Waals surface area contributed by atoms with Crippen LogP contribution in [-0.4, -0.2) is 28.6 Å². The van der Waals surface area contributed by atoms with E-state index in [1.54, 1.807) is 41.0 Å². The number of benzene rings is 2. The van der Waals surface area contributed by atoms with E-state index in [-0.39, 0.29) is 24.5 Å². The summed E-state index contributed by atoms with van der Waals surface area (Å²) in [6, 6.07) is 14.3. The summed E-state index contributed by atoms with van der Waals surface area (Å²) in [7, 11) is 0. The van der Waals surface area contributed by atoms with E-state index in [1.165, 1.54) is 0 Å². The zero-order chi connectivity index (χ0) is 19.6. The zero-order valence-corrected chi connectivity index (χ0v) is 15.6. The van der Waals surface area contributed by atoms with Crippen LogP contribution >= 0.6 is 0 Å². The van der Waals surface area contributed by atoms with Crippen LogP contribution in [0.4, 0.5) is 0 Å². The number of carbonyl (C=O) groups excluding carboxylic acids is 2. The summed E-state index contributed by atoms with van der Waals surface area (Å²) in [4.78, 5) is 36.9. The third-order valence-corrected chi connectivity index (χ3v) is 4.04. The van der Waals surface area contributed by atoms with Gasteiger partial charge in [0.15, 0.2) is 12.0 Å². The van der Waals surface area contributed by atoms with Crippen LogP contribution in [0.1, 0.15) is 20.8 Å². The van der Waals surface area contributed by atoms with Crippen LogP contribution in [0.3, 0.4) is 0 Å². The smallest absolute Gasteiger partial charge is 0.326 e. The minimum absolute atomic E-state index is 0.0737. The quantitative estimate of drug-likeness (QED) is 0.569. The highest BCUT2D eigenvalue weighted by molar-refractivity contribution is 5.94. The van der Waals surface area contributed by atoms with Crippen LogP contribution < -0.4 is 10.7 Å². The predicted octanol–water partition coefficient (Wildman–Crippen LogP) is 2.61. The molecule has 1 N–H and O–H groups in total. The Morgan fingerprint density at radius 2 is 1.48 bits per heavy atom. The molecule has 6 heteroatoms. The average Bonchev–Trinajstić information content (AvgIpc) is 2.62. The van der Waals surface area contributed by atoms with E-state index in [0.717, 1.165) is 0 Å². The van der Waals surface area contributed by atoms with Gasteiger partial charge in [-0.3, -0.25) is 14.4 Å². The van der Waals surface area contributed by atoms with E-state index >= 15 is 0 Å². The fraction of sp³-hybridized carbons (Fsp3) is 0.286. The summed E-state index contributed by atoms with van der Waals surface area (Å²) in [6.07, 6.45) is 0.